The molecule has 0 spiro atoms. The summed E-state index contributed by atoms with van der Waals surface area (Å²) in [5.41, 5.74) is 2.57. The van der Waals surface area contributed by atoms with Gasteiger partial charge in [-0.3, -0.25) is 4.98 Å². The molecule has 0 atom stereocenters. The molecule has 2 aromatic rings. The van der Waals surface area contributed by atoms with Crippen molar-refractivity contribution >= 4 is 0 Å². The van der Waals surface area contributed by atoms with E-state index in [1.165, 1.54) is 11.1 Å². The maximum Gasteiger partial charge on any atom is 0.119 e. The molecule has 100 valence electrons. The van der Waals surface area contributed by atoms with Crippen molar-refractivity contribution in [3.05, 3.63) is 59.9 Å². The molecule has 0 unspecified atom stereocenters. The number of ether oxygens (including phenoxy) is 1. The summed E-state index contributed by atoms with van der Waals surface area (Å²) in [7, 11) is 0. The molecule has 1 N–H and O–H groups in total. The first-order valence-electron chi connectivity index (χ1n) is 6.70. The van der Waals surface area contributed by atoms with Crippen LogP contribution < -0.4 is 10.1 Å². The van der Waals surface area contributed by atoms with Crippen molar-refractivity contribution < 1.29 is 4.74 Å². The van der Waals surface area contributed by atoms with Gasteiger partial charge in [0.2, 0.25) is 0 Å². The van der Waals surface area contributed by atoms with Gasteiger partial charge in [0.15, 0.2) is 0 Å². The van der Waals surface area contributed by atoms with E-state index in [1.54, 1.807) is 0 Å². The van der Waals surface area contributed by atoms with Crippen LogP contribution in [0.2, 0.25) is 0 Å². The molecule has 3 heteroatoms. The van der Waals surface area contributed by atoms with Crippen LogP contribution in [0.5, 0.6) is 5.75 Å². The number of aryl methyl sites for hydroxylation is 1. The third-order valence-corrected chi connectivity index (χ3v) is 2.96. The zero-order valence-corrected chi connectivity index (χ0v) is 11.3. The van der Waals surface area contributed by atoms with Crippen molar-refractivity contribution in [1.29, 1.82) is 0 Å². The Balaban J connectivity index is 1.63. The van der Waals surface area contributed by atoms with Crippen molar-refractivity contribution in [2.75, 3.05) is 13.2 Å². The second-order valence-corrected chi connectivity index (χ2v) is 4.38. The molecule has 0 aliphatic carbocycles. The van der Waals surface area contributed by atoms with Gasteiger partial charge < -0.3 is 10.1 Å². The second kappa shape index (κ2) is 7.54. The standard InChI is InChI=1S/C16H20N2O/c1-2-14-3-5-16(6-4-14)19-12-11-18-13-15-7-9-17-10-8-15/h3-10,18H,2,11-13H2,1H3. The Morgan fingerprint density at radius 1 is 1.00 bits per heavy atom. The number of rotatable bonds is 7. The van der Waals surface area contributed by atoms with Crippen LogP contribution in [-0.4, -0.2) is 18.1 Å². The van der Waals surface area contributed by atoms with Crippen LogP contribution in [0.1, 0.15) is 18.1 Å². The average molecular weight is 256 g/mol. The molecule has 0 aliphatic heterocycles. The number of nitrogens with zero attached hydrogens (tertiary/aromatic N) is 1. The van der Waals surface area contributed by atoms with E-state index in [2.05, 4.69) is 29.4 Å². The lowest BCUT2D eigenvalue weighted by Gasteiger charge is -2.08. The molecule has 19 heavy (non-hydrogen) atoms. The Labute approximate surface area is 114 Å². The topological polar surface area (TPSA) is 34.1 Å². The minimum atomic E-state index is 0.677. The maximum atomic E-state index is 5.67. The Bertz CT molecular complexity index is 468. The van der Waals surface area contributed by atoms with Crippen LogP contribution in [0.25, 0.3) is 0 Å². The molecule has 0 aliphatic rings. The summed E-state index contributed by atoms with van der Waals surface area (Å²) < 4.78 is 5.67. The molecule has 0 fully saturated rings. The second-order valence-electron chi connectivity index (χ2n) is 4.38. The molecular weight excluding hydrogens is 236 g/mol. The summed E-state index contributed by atoms with van der Waals surface area (Å²) in [6.45, 7) is 4.51. The van der Waals surface area contributed by atoms with Crippen molar-refractivity contribution in [3.8, 4) is 5.75 Å². The molecule has 0 saturated carbocycles. The SMILES string of the molecule is CCc1ccc(OCCNCc2ccncc2)cc1. The van der Waals surface area contributed by atoms with Crippen LogP contribution in [0.4, 0.5) is 0 Å². The molecule has 1 aromatic heterocycles. The largest absolute Gasteiger partial charge is 0.492 e. The summed E-state index contributed by atoms with van der Waals surface area (Å²) in [5.74, 6) is 0.933. The number of aromatic nitrogens is 1. The van der Waals surface area contributed by atoms with E-state index in [0.717, 1.165) is 25.3 Å². The Hall–Kier alpha value is -1.87. The zero-order valence-electron chi connectivity index (χ0n) is 11.3. The highest BCUT2D eigenvalue weighted by Gasteiger charge is 1.95. The highest BCUT2D eigenvalue weighted by atomic mass is 16.5. The van der Waals surface area contributed by atoms with Gasteiger partial charge in [-0.05, 0) is 41.8 Å². The Morgan fingerprint density at radius 3 is 2.42 bits per heavy atom. The van der Waals surface area contributed by atoms with E-state index in [0.29, 0.717) is 6.61 Å². The average Bonchev–Trinajstić information content (AvgIpc) is 2.49. The van der Waals surface area contributed by atoms with Gasteiger partial charge in [0, 0.05) is 25.5 Å². The van der Waals surface area contributed by atoms with E-state index in [4.69, 9.17) is 4.74 Å². The van der Waals surface area contributed by atoms with Gasteiger partial charge in [0.1, 0.15) is 12.4 Å². The highest BCUT2D eigenvalue weighted by molar-refractivity contribution is 5.27. The Kier molecular flexibility index (Phi) is 5.38. The summed E-state index contributed by atoms with van der Waals surface area (Å²) in [4.78, 5) is 3.99. The normalized spacial score (nSPS) is 10.4. The smallest absolute Gasteiger partial charge is 0.119 e. The summed E-state index contributed by atoms with van der Waals surface area (Å²) in [5, 5.41) is 3.34. The van der Waals surface area contributed by atoms with Crippen LogP contribution in [0.3, 0.4) is 0 Å². The molecule has 3 nitrogen and oxygen atoms in total. The van der Waals surface area contributed by atoms with E-state index in [1.807, 2.05) is 36.7 Å². The number of hydrogen-bond acceptors (Lipinski definition) is 3. The van der Waals surface area contributed by atoms with Crippen molar-refractivity contribution in [2.24, 2.45) is 0 Å². The minimum Gasteiger partial charge on any atom is -0.492 e. The third-order valence-electron chi connectivity index (χ3n) is 2.96. The molecule has 1 heterocycles. The van der Waals surface area contributed by atoms with Crippen molar-refractivity contribution in [3.63, 3.8) is 0 Å². The lowest BCUT2D eigenvalue weighted by molar-refractivity contribution is 0.313. The molecular formula is C16H20N2O. The van der Waals surface area contributed by atoms with Gasteiger partial charge in [-0.1, -0.05) is 19.1 Å². The quantitative estimate of drug-likeness (QED) is 0.773. The molecule has 1 aromatic carbocycles. The van der Waals surface area contributed by atoms with Gasteiger partial charge in [-0.2, -0.15) is 0 Å². The fourth-order valence-corrected chi connectivity index (χ4v) is 1.80. The van der Waals surface area contributed by atoms with Crippen LogP contribution >= 0.6 is 0 Å². The minimum absolute atomic E-state index is 0.677. The van der Waals surface area contributed by atoms with Crippen LogP contribution in [0.15, 0.2) is 48.8 Å². The van der Waals surface area contributed by atoms with Gasteiger partial charge in [-0.25, -0.2) is 0 Å². The first-order valence-corrected chi connectivity index (χ1v) is 6.70. The monoisotopic (exact) mass is 256 g/mol. The summed E-state index contributed by atoms with van der Waals surface area (Å²) >= 11 is 0. The molecule has 0 bridgehead atoms. The molecule has 0 amide bonds. The molecule has 0 saturated heterocycles. The van der Waals surface area contributed by atoms with Gasteiger partial charge in [-0.15, -0.1) is 0 Å². The van der Waals surface area contributed by atoms with E-state index in [9.17, 15) is 0 Å². The number of benzene rings is 1. The van der Waals surface area contributed by atoms with E-state index < -0.39 is 0 Å². The summed E-state index contributed by atoms with van der Waals surface area (Å²) in [6.07, 6.45) is 4.68. The van der Waals surface area contributed by atoms with Crippen LogP contribution in [0, 0.1) is 0 Å². The molecule has 2 rings (SSSR count). The maximum absolute atomic E-state index is 5.67. The fraction of sp³-hybridized carbons (Fsp3) is 0.312. The number of hydrogen-bond donors (Lipinski definition) is 1. The lowest BCUT2D eigenvalue weighted by atomic mass is 10.2. The third kappa shape index (κ3) is 4.72. The van der Waals surface area contributed by atoms with Gasteiger partial charge in [0.25, 0.3) is 0 Å². The summed E-state index contributed by atoms with van der Waals surface area (Å²) in [6, 6.07) is 12.3. The first-order chi connectivity index (χ1) is 9.38. The van der Waals surface area contributed by atoms with Gasteiger partial charge >= 0.3 is 0 Å². The fourth-order valence-electron chi connectivity index (χ4n) is 1.80. The first kappa shape index (κ1) is 13.6. The van der Waals surface area contributed by atoms with Gasteiger partial charge in [0.05, 0.1) is 0 Å². The van der Waals surface area contributed by atoms with E-state index >= 15 is 0 Å². The van der Waals surface area contributed by atoms with Crippen molar-refractivity contribution in [1.82, 2.24) is 10.3 Å². The highest BCUT2D eigenvalue weighted by Crippen LogP contribution is 2.12. The Morgan fingerprint density at radius 2 is 1.74 bits per heavy atom. The predicted molar refractivity (Wildman–Crippen MR) is 77.3 cm³/mol. The zero-order chi connectivity index (χ0) is 13.3. The van der Waals surface area contributed by atoms with E-state index in [-0.39, 0.29) is 0 Å². The number of pyridine rings is 1. The lowest BCUT2D eigenvalue weighted by Crippen LogP contribution is -2.20. The predicted octanol–water partition coefficient (Wildman–Crippen LogP) is 2.81. The molecule has 0 radical (unpaired) electrons. The van der Waals surface area contributed by atoms with Crippen LogP contribution in [-0.2, 0) is 13.0 Å². The van der Waals surface area contributed by atoms with Crippen molar-refractivity contribution in [2.45, 2.75) is 19.9 Å². The number of nitrogens with one attached hydrogen (secondary N) is 1.